The van der Waals surface area contributed by atoms with Crippen molar-refractivity contribution >= 4 is 39.9 Å². The van der Waals surface area contributed by atoms with Crippen molar-refractivity contribution in [1.82, 2.24) is 24.4 Å². The second kappa shape index (κ2) is 11.1. The third-order valence-corrected chi connectivity index (χ3v) is 7.16. The first-order valence-electron chi connectivity index (χ1n) is 13.3. The monoisotopic (exact) mass is 525 g/mol. The Labute approximate surface area is 226 Å². The van der Waals surface area contributed by atoms with Gasteiger partial charge in [-0.15, -0.1) is 0 Å². The molecule has 6 rings (SSSR count). The van der Waals surface area contributed by atoms with Crippen LogP contribution in [0.4, 0.5) is 16.3 Å². The predicted octanol–water partition coefficient (Wildman–Crippen LogP) is 4.40. The number of likely N-dealkylation sites (tertiary alicyclic amines) is 1. The summed E-state index contributed by atoms with van der Waals surface area (Å²) in [5.41, 5.74) is 11.0. The number of piperidine rings is 1. The Morgan fingerprint density at radius 3 is 2.51 bits per heavy atom. The second-order valence-corrected chi connectivity index (χ2v) is 9.89. The molecule has 0 atom stereocenters. The molecular weight excluding hydrogens is 493 g/mol. The highest BCUT2D eigenvalue weighted by atomic mass is 19.1. The van der Waals surface area contributed by atoms with E-state index < -0.39 is 0 Å². The fourth-order valence-corrected chi connectivity index (χ4v) is 5.09. The number of aromatic nitrogens is 4. The van der Waals surface area contributed by atoms with Gasteiger partial charge in [0.05, 0.1) is 35.2 Å². The normalized spacial score (nSPS) is 15.3. The smallest absolute Gasteiger partial charge is 0.208 e. The maximum atomic E-state index is 13.4. The zero-order valence-corrected chi connectivity index (χ0v) is 21.6. The zero-order chi connectivity index (χ0) is 26.6. The molecule has 0 spiro atoms. The molecule has 10 heteroatoms. The predicted molar refractivity (Wildman–Crippen MR) is 155 cm³/mol. The third kappa shape index (κ3) is 5.85. The van der Waals surface area contributed by atoms with E-state index in [2.05, 4.69) is 41.1 Å². The first-order valence-corrected chi connectivity index (χ1v) is 13.3. The molecule has 5 aromatic rings. The summed E-state index contributed by atoms with van der Waals surface area (Å²) in [7, 11) is 0. The maximum absolute atomic E-state index is 13.4. The summed E-state index contributed by atoms with van der Waals surface area (Å²) in [6, 6.07) is 23.0. The first kappa shape index (κ1) is 24.9. The molecule has 1 saturated heterocycles. The van der Waals surface area contributed by atoms with Crippen LogP contribution < -0.4 is 16.4 Å². The van der Waals surface area contributed by atoms with Gasteiger partial charge in [0.1, 0.15) is 5.82 Å². The van der Waals surface area contributed by atoms with Gasteiger partial charge in [0.15, 0.2) is 5.96 Å². The number of halogens is 1. The molecule has 1 aliphatic rings. The highest BCUT2D eigenvalue weighted by Crippen LogP contribution is 2.24. The largest absolute Gasteiger partial charge is 0.370 e. The minimum absolute atomic E-state index is 0.227. The Hall–Kier alpha value is -4.44. The van der Waals surface area contributed by atoms with Crippen LogP contribution in [-0.2, 0) is 6.54 Å². The van der Waals surface area contributed by atoms with Crippen molar-refractivity contribution in [2.45, 2.75) is 25.4 Å². The van der Waals surface area contributed by atoms with Gasteiger partial charge < -0.3 is 25.5 Å². The number of anilines is 2. The lowest BCUT2D eigenvalue weighted by Crippen LogP contribution is -2.40. The highest BCUT2D eigenvalue weighted by molar-refractivity contribution is 5.92. The van der Waals surface area contributed by atoms with Crippen molar-refractivity contribution in [1.29, 1.82) is 0 Å². The number of guanidine groups is 1. The number of para-hydroxylation sites is 4. The van der Waals surface area contributed by atoms with Crippen molar-refractivity contribution < 1.29 is 4.39 Å². The molecule has 1 aliphatic heterocycles. The SMILES string of the molecule is NC(=NCCN1CCC(Nc2nc3ccccc3n2Cc2ccc(F)cc2)CC1)Nc1nc2ccccc2[nH]1. The number of aliphatic imine (C=N–C) groups is 1. The Morgan fingerprint density at radius 2 is 1.72 bits per heavy atom. The van der Waals surface area contributed by atoms with Gasteiger partial charge in [-0.05, 0) is 54.8 Å². The molecule has 39 heavy (non-hydrogen) atoms. The number of nitrogens with zero attached hydrogens (tertiary/aromatic N) is 5. The van der Waals surface area contributed by atoms with Gasteiger partial charge in [0.25, 0.3) is 0 Å². The number of hydrogen-bond donors (Lipinski definition) is 4. The van der Waals surface area contributed by atoms with E-state index >= 15 is 0 Å². The zero-order valence-electron chi connectivity index (χ0n) is 21.6. The van der Waals surface area contributed by atoms with E-state index in [1.165, 1.54) is 12.1 Å². The lowest BCUT2D eigenvalue weighted by atomic mass is 10.1. The molecule has 2 aromatic heterocycles. The van der Waals surface area contributed by atoms with Crippen LogP contribution in [0.5, 0.6) is 0 Å². The Kier molecular flexibility index (Phi) is 7.09. The van der Waals surface area contributed by atoms with E-state index in [1.807, 2.05) is 54.6 Å². The van der Waals surface area contributed by atoms with Crippen LogP contribution in [0.3, 0.4) is 0 Å². The van der Waals surface area contributed by atoms with Gasteiger partial charge in [0.2, 0.25) is 11.9 Å². The Balaban J connectivity index is 1.02. The van der Waals surface area contributed by atoms with Gasteiger partial charge in [-0.3, -0.25) is 10.3 Å². The van der Waals surface area contributed by atoms with Crippen LogP contribution in [0, 0.1) is 5.82 Å². The summed E-state index contributed by atoms with van der Waals surface area (Å²) in [4.78, 5) is 19.4. The van der Waals surface area contributed by atoms with Crippen LogP contribution in [0.15, 0.2) is 77.8 Å². The number of hydrogen-bond acceptors (Lipinski definition) is 5. The van der Waals surface area contributed by atoms with Crippen molar-refractivity contribution in [3.63, 3.8) is 0 Å². The average molecular weight is 526 g/mol. The molecule has 0 aliphatic carbocycles. The Bertz CT molecular complexity index is 1550. The summed E-state index contributed by atoms with van der Waals surface area (Å²) < 4.78 is 15.6. The van der Waals surface area contributed by atoms with E-state index in [0.717, 1.165) is 66.1 Å². The highest BCUT2D eigenvalue weighted by Gasteiger charge is 2.21. The number of H-pyrrole nitrogens is 1. The molecule has 0 unspecified atom stereocenters. The summed E-state index contributed by atoms with van der Waals surface area (Å²) in [5, 5.41) is 6.73. The summed E-state index contributed by atoms with van der Waals surface area (Å²) in [6.45, 7) is 4.04. The van der Waals surface area contributed by atoms with Crippen molar-refractivity contribution in [2.75, 3.05) is 36.8 Å². The van der Waals surface area contributed by atoms with E-state index in [1.54, 1.807) is 0 Å². The third-order valence-electron chi connectivity index (χ3n) is 7.16. The Morgan fingerprint density at radius 1 is 0.974 bits per heavy atom. The number of imidazole rings is 2. The summed E-state index contributed by atoms with van der Waals surface area (Å²) in [5.74, 6) is 1.57. The van der Waals surface area contributed by atoms with Crippen LogP contribution in [0.2, 0.25) is 0 Å². The van der Waals surface area contributed by atoms with E-state index in [4.69, 9.17) is 10.7 Å². The van der Waals surface area contributed by atoms with Gasteiger partial charge >= 0.3 is 0 Å². The van der Waals surface area contributed by atoms with Gasteiger partial charge in [0, 0.05) is 25.7 Å². The topological polar surface area (TPSA) is 112 Å². The molecule has 200 valence electrons. The van der Waals surface area contributed by atoms with E-state index in [0.29, 0.717) is 31.0 Å². The molecule has 0 bridgehead atoms. The average Bonchev–Trinajstić information content (AvgIpc) is 3.51. The van der Waals surface area contributed by atoms with Crippen molar-refractivity contribution in [2.24, 2.45) is 10.7 Å². The van der Waals surface area contributed by atoms with E-state index in [-0.39, 0.29) is 5.82 Å². The molecule has 0 amide bonds. The quantitative estimate of drug-likeness (QED) is 0.176. The van der Waals surface area contributed by atoms with Crippen LogP contribution in [0.1, 0.15) is 18.4 Å². The fraction of sp³-hybridized carbons (Fsp3) is 0.276. The maximum Gasteiger partial charge on any atom is 0.208 e. The van der Waals surface area contributed by atoms with Crippen molar-refractivity contribution in [3.8, 4) is 0 Å². The lowest BCUT2D eigenvalue weighted by Gasteiger charge is -2.32. The standard InChI is InChI=1S/C29H32FN9/c30-21-11-9-20(10-12-21)19-39-26-8-4-3-7-25(26)36-29(39)33-22-13-16-38(17-14-22)18-15-32-27(31)37-28-34-23-5-1-2-6-24(23)35-28/h1-12,22H,13-19H2,(H,33,36)(H4,31,32,34,35,37). The van der Waals surface area contributed by atoms with Crippen LogP contribution in [0.25, 0.3) is 22.1 Å². The molecule has 0 saturated carbocycles. The van der Waals surface area contributed by atoms with Crippen LogP contribution in [-0.4, -0.2) is 62.6 Å². The van der Waals surface area contributed by atoms with E-state index in [9.17, 15) is 4.39 Å². The summed E-state index contributed by atoms with van der Waals surface area (Å²) >= 11 is 0. The minimum Gasteiger partial charge on any atom is -0.370 e. The molecular formula is C29H32FN9. The number of rotatable bonds is 8. The number of benzene rings is 3. The number of nitrogens with two attached hydrogens (primary N) is 1. The molecule has 3 aromatic carbocycles. The second-order valence-electron chi connectivity index (χ2n) is 9.89. The molecule has 5 N–H and O–H groups in total. The molecule has 0 radical (unpaired) electrons. The van der Waals surface area contributed by atoms with Crippen LogP contribution >= 0.6 is 0 Å². The number of fused-ring (bicyclic) bond motifs is 2. The molecule has 9 nitrogen and oxygen atoms in total. The molecule has 3 heterocycles. The number of aromatic amines is 1. The van der Waals surface area contributed by atoms with Gasteiger partial charge in [-0.1, -0.05) is 36.4 Å². The number of nitrogens with one attached hydrogen (secondary N) is 3. The summed E-state index contributed by atoms with van der Waals surface area (Å²) in [6.07, 6.45) is 2.02. The fourth-order valence-electron chi connectivity index (χ4n) is 5.09. The molecule has 1 fully saturated rings. The van der Waals surface area contributed by atoms with Gasteiger partial charge in [-0.25, -0.2) is 14.4 Å². The lowest BCUT2D eigenvalue weighted by molar-refractivity contribution is 0.224. The first-order chi connectivity index (χ1) is 19.1. The van der Waals surface area contributed by atoms with Crippen molar-refractivity contribution in [3.05, 3.63) is 84.2 Å². The van der Waals surface area contributed by atoms with Gasteiger partial charge in [-0.2, -0.15) is 0 Å². The minimum atomic E-state index is -0.227.